The lowest BCUT2D eigenvalue weighted by Crippen LogP contribution is -2.45. The molecule has 0 radical (unpaired) electrons. The van der Waals surface area contributed by atoms with Crippen molar-refractivity contribution in [3.63, 3.8) is 0 Å². The van der Waals surface area contributed by atoms with Crippen molar-refractivity contribution in [2.75, 3.05) is 0 Å². The van der Waals surface area contributed by atoms with Crippen molar-refractivity contribution < 1.29 is 13.2 Å². The summed E-state index contributed by atoms with van der Waals surface area (Å²) in [5, 5.41) is 0. The highest BCUT2D eigenvalue weighted by Crippen LogP contribution is 2.36. The number of alkyl halides is 3. The summed E-state index contributed by atoms with van der Waals surface area (Å²) in [7, 11) is 0. The Morgan fingerprint density at radius 3 is 2.08 bits per heavy atom. The molecule has 0 saturated carbocycles. The van der Waals surface area contributed by atoms with Gasteiger partial charge in [-0.1, -0.05) is 20.8 Å². The molecule has 76 valence electrons. The summed E-state index contributed by atoms with van der Waals surface area (Å²) < 4.78 is 37.2. The maximum atomic E-state index is 12.4. The van der Waals surface area contributed by atoms with Crippen LogP contribution in [0.5, 0.6) is 0 Å². The Morgan fingerprint density at radius 2 is 1.77 bits per heavy atom. The number of rotatable bonds is 0. The highest BCUT2D eigenvalue weighted by atomic mass is 19.4. The van der Waals surface area contributed by atoms with Crippen molar-refractivity contribution in [2.24, 2.45) is 5.41 Å². The van der Waals surface area contributed by atoms with Crippen molar-refractivity contribution >= 4 is 0 Å². The molecule has 1 atom stereocenters. The molecule has 1 rings (SSSR count). The van der Waals surface area contributed by atoms with Crippen LogP contribution < -0.4 is 10.9 Å². The first-order valence-electron chi connectivity index (χ1n) is 4.01. The monoisotopic (exact) mass is 194 g/mol. The summed E-state index contributed by atoms with van der Waals surface area (Å²) in [4.78, 5) is 0. The van der Waals surface area contributed by atoms with Gasteiger partial charge in [-0.05, 0) is 11.0 Å². The van der Waals surface area contributed by atoms with E-state index in [9.17, 15) is 13.2 Å². The Labute approximate surface area is 75.2 Å². The highest BCUT2D eigenvalue weighted by Gasteiger charge is 2.46. The van der Waals surface area contributed by atoms with Crippen molar-refractivity contribution in [2.45, 2.75) is 33.0 Å². The van der Waals surface area contributed by atoms with Gasteiger partial charge in [-0.3, -0.25) is 0 Å². The van der Waals surface area contributed by atoms with Crippen LogP contribution >= 0.6 is 0 Å². The van der Waals surface area contributed by atoms with Gasteiger partial charge < -0.3 is 5.43 Å². The molecule has 0 spiro atoms. The second-order valence-corrected chi connectivity index (χ2v) is 4.11. The van der Waals surface area contributed by atoms with Crippen LogP contribution in [0.4, 0.5) is 13.2 Å². The van der Waals surface area contributed by atoms with E-state index in [1.807, 2.05) is 0 Å². The van der Waals surface area contributed by atoms with Crippen LogP contribution in [0.1, 0.15) is 20.8 Å². The SMILES string of the molecule is CC(C)(C)C1=CNNC1C(F)(F)F. The standard InChI is InChI=1S/C8H13F3N2/c1-7(2,3)5-4-12-13-6(5)8(9,10)11/h4,6,12-13H,1-3H3. The lowest BCUT2D eigenvalue weighted by molar-refractivity contribution is -0.148. The summed E-state index contributed by atoms with van der Waals surface area (Å²) in [6, 6.07) is -1.56. The Kier molecular flexibility index (Phi) is 2.32. The van der Waals surface area contributed by atoms with Gasteiger partial charge in [0.2, 0.25) is 0 Å². The molecular formula is C8H13F3N2. The fourth-order valence-electron chi connectivity index (χ4n) is 1.27. The van der Waals surface area contributed by atoms with Crippen LogP contribution in [0.15, 0.2) is 11.8 Å². The first kappa shape index (κ1) is 10.4. The van der Waals surface area contributed by atoms with Crippen molar-refractivity contribution in [1.29, 1.82) is 0 Å². The number of hydrazine groups is 1. The Balaban J connectivity index is 2.87. The zero-order valence-corrected chi connectivity index (χ0v) is 7.79. The minimum Gasteiger partial charge on any atom is -0.328 e. The van der Waals surface area contributed by atoms with Gasteiger partial charge in [0.1, 0.15) is 6.04 Å². The van der Waals surface area contributed by atoms with E-state index in [2.05, 4.69) is 10.9 Å². The normalized spacial score (nSPS) is 24.2. The van der Waals surface area contributed by atoms with Gasteiger partial charge in [0.05, 0.1) is 0 Å². The number of nitrogens with one attached hydrogen (secondary N) is 2. The number of hydrogen-bond donors (Lipinski definition) is 2. The van der Waals surface area contributed by atoms with Gasteiger partial charge in [-0.15, -0.1) is 0 Å². The zero-order chi connectivity index (χ0) is 10.3. The van der Waals surface area contributed by atoms with E-state index in [-0.39, 0.29) is 0 Å². The summed E-state index contributed by atoms with van der Waals surface area (Å²) in [5.41, 5.74) is 4.45. The molecule has 1 unspecified atom stereocenters. The number of hydrogen-bond acceptors (Lipinski definition) is 2. The lowest BCUT2D eigenvalue weighted by atomic mass is 9.83. The molecule has 0 bridgehead atoms. The molecule has 2 N–H and O–H groups in total. The molecule has 0 aromatic rings. The van der Waals surface area contributed by atoms with Crippen molar-refractivity contribution in [3.05, 3.63) is 11.8 Å². The van der Waals surface area contributed by atoms with Gasteiger partial charge in [-0.25, -0.2) is 5.43 Å². The fourth-order valence-corrected chi connectivity index (χ4v) is 1.27. The van der Waals surface area contributed by atoms with Crippen LogP contribution in [-0.2, 0) is 0 Å². The van der Waals surface area contributed by atoms with Crippen molar-refractivity contribution in [1.82, 2.24) is 10.9 Å². The molecular weight excluding hydrogens is 181 g/mol. The minimum atomic E-state index is -4.23. The average Bonchev–Trinajstić information content (AvgIpc) is 2.27. The van der Waals surface area contributed by atoms with Gasteiger partial charge >= 0.3 is 6.18 Å². The predicted octanol–water partition coefficient (Wildman–Crippen LogP) is 1.96. The Bertz CT molecular complexity index is 225. The molecule has 1 heterocycles. The molecule has 0 fully saturated rings. The molecule has 1 aliphatic heterocycles. The summed E-state index contributed by atoms with van der Waals surface area (Å²) in [6.07, 6.45) is -2.85. The second-order valence-electron chi connectivity index (χ2n) is 4.11. The molecule has 0 aromatic heterocycles. The van der Waals surface area contributed by atoms with Crippen LogP contribution in [0.3, 0.4) is 0 Å². The molecule has 1 aliphatic rings. The van der Waals surface area contributed by atoms with E-state index in [4.69, 9.17) is 0 Å². The van der Waals surface area contributed by atoms with E-state index >= 15 is 0 Å². The Hall–Kier alpha value is -0.710. The summed E-state index contributed by atoms with van der Waals surface area (Å²) in [6.45, 7) is 5.27. The average molecular weight is 194 g/mol. The minimum absolute atomic E-state index is 0.333. The van der Waals surface area contributed by atoms with E-state index < -0.39 is 17.6 Å². The lowest BCUT2D eigenvalue weighted by Gasteiger charge is -2.27. The second kappa shape index (κ2) is 2.90. The topological polar surface area (TPSA) is 24.1 Å². The van der Waals surface area contributed by atoms with Crippen molar-refractivity contribution in [3.8, 4) is 0 Å². The molecule has 0 aromatic carbocycles. The van der Waals surface area contributed by atoms with Gasteiger partial charge in [-0.2, -0.15) is 13.2 Å². The zero-order valence-electron chi connectivity index (χ0n) is 7.79. The van der Waals surface area contributed by atoms with Gasteiger partial charge in [0.15, 0.2) is 0 Å². The van der Waals surface area contributed by atoms with Crippen LogP contribution in [0, 0.1) is 5.41 Å². The molecule has 5 heteroatoms. The largest absolute Gasteiger partial charge is 0.409 e. The summed E-state index contributed by atoms with van der Waals surface area (Å²) >= 11 is 0. The molecule has 2 nitrogen and oxygen atoms in total. The smallest absolute Gasteiger partial charge is 0.328 e. The quantitative estimate of drug-likeness (QED) is 0.616. The van der Waals surface area contributed by atoms with E-state index in [1.165, 1.54) is 6.20 Å². The maximum Gasteiger partial charge on any atom is 0.409 e. The van der Waals surface area contributed by atoms with Crippen LogP contribution in [-0.4, -0.2) is 12.2 Å². The van der Waals surface area contributed by atoms with Gasteiger partial charge in [0.25, 0.3) is 0 Å². The first-order chi connectivity index (χ1) is 5.73. The first-order valence-corrected chi connectivity index (χ1v) is 4.01. The highest BCUT2D eigenvalue weighted by molar-refractivity contribution is 5.22. The third-order valence-electron chi connectivity index (χ3n) is 1.96. The molecule has 0 amide bonds. The number of halogens is 3. The van der Waals surface area contributed by atoms with Gasteiger partial charge in [0, 0.05) is 6.20 Å². The maximum absolute atomic E-state index is 12.4. The molecule has 0 aliphatic carbocycles. The van der Waals surface area contributed by atoms with Crippen LogP contribution in [0.2, 0.25) is 0 Å². The fraction of sp³-hybridized carbons (Fsp3) is 0.750. The van der Waals surface area contributed by atoms with E-state index in [1.54, 1.807) is 20.8 Å². The van der Waals surface area contributed by atoms with E-state index in [0.29, 0.717) is 5.57 Å². The predicted molar refractivity (Wildman–Crippen MR) is 43.7 cm³/mol. The molecule has 13 heavy (non-hydrogen) atoms. The van der Waals surface area contributed by atoms with Crippen LogP contribution in [0.25, 0.3) is 0 Å². The third kappa shape index (κ3) is 2.15. The van der Waals surface area contributed by atoms with E-state index in [0.717, 1.165) is 0 Å². The molecule has 0 saturated heterocycles. The third-order valence-corrected chi connectivity index (χ3v) is 1.96. The summed E-state index contributed by atoms with van der Waals surface area (Å²) in [5.74, 6) is 0. The Morgan fingerprint density at radius 1 is 1.23 bits per heavy atom.